The van der Waals surface area contributed by atoms with Crippen molar-refractivity contribution in [1.82, 2.24) is 9.80 Å². The van der Waals surface area contributed by atoms with Crippen LogP contribution in [0.25, 0.3) is 11.1 Å². The van der Waals surface area contributed by atoms with E-state index in [0.717, 1.165) is 65.2 Å². The molecule has 2 aromatic carbocycles. The summed E-state index contributed by atoms with van der Waals surface area (Å²) in [6, 6.07) is 14.6. The first kappa shape index (κ1) is 26.1. The smallest absolute Gasteiger partial charge is 0.254 e. The number of hydrogen-bond acceptors (Lipinski definition) is 4. The number of hydrogen-bond donors (Lipinski definition) is 0. The molecule has 2 aliphatic heterocycles. The number of likely N-dealkylation sites (tertiary alicyclic amines) is 1. The molecular formula is C31H38BrN3O2. The van der Waals surface area contributed by atoms with Crippen molar-refractivity contribution in [2.45, 2.75) is 32.6 Å². The number of ether oxygens (including phenoxy) is 1. The van der Waals surface area contributed by atoms with Gasteiger partial charge in [0.1, 0.15) is 5.75 Å². The lowest BCUT2D eigenvalue weighted by atomic mass is 9.81. The molecule has 1 aliphatic carbocycles. The van der Waals surface area contributed by atoms with Crippen LogP contribution in [0.1, 0.15) is 43.7 Å². The summed E-state index contributed by atoms with van der Waals surface area (Å²) in [5.74, 6) is 1.20. The molecule has 3 aliphatic rings. The molecule has 5 rings (SSSR count). The molecule has 1 unspecified atom stereocenters. The van der Waals surface area contributed by atoms with Crippen LogP contribution < -0.4 is 9.64 Å². The number of rotatable bonds is 7. The van der Waals surface area contributed by atoms with E-state index in [1.165, 1.54) is 38.0 Å². The average molecular weight is 565 g/mol. The van der Waals surface area contributed by atoms with E-state index >= 15 is 0 Å². The number of amides is 1. The van der Waals surface area contributed by atoms with Crippen LogP contribution in [0.15, 0.2) is 59.6 Å². The van der Waals surface area contributed by atoms with Gasteiger partial charge in [0.2, 0.25) is 0 Å². The number of carbonyl (C=O) groups is 1. The minimum absolute atomic E-state index is 0.117. The molecule has 2 fully saturated rings. The fourth-order valence-corrected chi connectivity index (χ4v) is 6.01. The fraction of sp³-hybridized carbons (Fsp3) is 0.452. The highest BCUT2D eigenvalue weighted by Crippen LogP contribution is 2.38. The molecule has 5 nitrogen and oxygen atoms in total. The average Bonchev–Trinajstić information content (AvgIpc) is 2.94. The second kappa shape index (κ2) is 11.9. The van der Waals surface area contributed by atoms with E-state index < -0.39 is 0 Å². The molecule has 0 aromatic heterocycles. The summed E-state index contributed by atoms with van der Waals surface area (Å²) in [6.45, 7) is 13.8. The molecule has 2 saturated heterocycles. The SMILES string of the molecule is C=C1c2ccc(Br)cc2C(C(=O)N2CCN(c3ccc(OCCCN4CCCCC4)cc3)CC2)=CC1C. The highest BCUT2D eigenvalue weighted by atomic mass is 79.9. The van der Waals surface area contributed by atoms with Gasteiger partial charge < -0.3 is 19.4 Å². The number of benzene rings is 2. The Morgan fingerprint density at radius 1 is 0.973 bits per heavy atom. The number of anilines is 1. The molecule has 2 aromatic rings. The maximum atomic E-state index is 13.6. The minimum atomic E-state index is 0.117. The molecule has 0 spiro atoms. The van der Waals surface area contributed by atoms with Crippen molar-refractivity contribution in [2.75, 3.05) is 57.3 Å². The normalized spacial score (nSPS) is 20.4. The van der Waals surface area contributed by atoms with Gasteiger partial charge in [0.25, 0.3) is 5.91 Å². The van der Waals surface area contributed by atoms with Gasteiger partial charge in [-0.3, -0.25) is 4.79 Å². The summed E-state index contributed by atoms with van der Waals surface area (Å²) in [6.07, 6.45) is 7.21. The summed E-state index contributed by atoms with van der Waals surface area (Å²) in [5.41, 5.74) is 5.11. The van der Waals surface area contributed by atoms with Gasteiger partial charge in [-0.25, -0.2) is 0 Å². The molecule has 0 saturated carbocycles. The molecule has 1 atom stereocenters. The van der Waals surface area contributed by atoms with Gasteiger partial charge in [0, 0.05) is 54.4 Å². The number of fused-ring (bicyclic) bond motifs is 1. The first-order valence-corrected chi connectivity index (χ1v) is 14.5. The third-order valence-electron chi connectivity index (χ3n) is 7.92. The van der Waals surface area contributed by atoms with E-state index in [4.69, 9.17) is 4.74 Å². The Hall–Kier alpha value is -2.57. The van der Waals surface area contributed by atoms with Crippen molar-refractivity contribution >= 4 is 38.7 Å². The van der Waals surface area contributed by atoms with Crippen LogP contribution in [0.5, 0.6) is 5.75 Å². The van der Waals surface area contributed by atoms with Crippen LogP contribution in [0.3, 0.4) is 0 Å². The fourth-order valence-electron chi connectivity index (χ4n) is 5.64. The van der Waals surface area contributed by atoms with Crippen molar-refractivity contribution in [3.05, 3.63) is 70.7 Å². The van der Waals surface area contributed by atoms with E-state index in [2.05, 4.69) is 75.6 Å². The molecule has 37 heavy (non-hydrogen) atoms. The first-order valence-electron chi connectivity index (χ1n) is 13.7. The molecule has 1 amide bonds. The Labute approximate surface area is 229 Å². The highest BCUT2D eigenvalue weighted by molar-refractivity contribution is 9.10. The number of nitrogens with zero attached hydrogens (tertiary/aromatic N) is 3. The predicted octanol–water partition coefficient (Wildman–Crippen LogP) is 6.10. The van der Waals surface area contributed by atoms with E-state index in [1.54, 1.807) is 0 Å². The Bertz CT molecular complexity index is 1150. The zero-order valence-electron chi connectivity index (χ0n) is 21.9. The van der Waals surface area contributed by atoms with Crippen molar-refractivity contribution in [2.24, 2.45) is 5.92 Å². The summed E-state index contributed by atoms with van der Waals surface area (Å²) in [4.78, 5) is 20.5. The zero-order chi connectivity index (χ0) is 25.8. The van der Waals surface area contributed by atoms with Gasteiger partial charge in [-0.05, 0) is 85.5 Å². The lowest BCUT2D eigenvalue weighted by molar-refractivity contribution is -0.125. The second-order valence-electron chi connectivity index (χ2n) is 10.5. The van der Waals surface area contributed by atoms with Crippen molar-refractivity contribution in [3.8, 4) is 5.75 Å². The predicted molar refractivity (Wildman–Crippen MR) is 156 cm³/mol. The first-order chi connectivity index (χ1) is 18.0. The zero-order valence-corrected chi connectivity index (χ0v) is 23.5. The summed E-state index contributed by atoms with van der Waals surface area (Å²) in [7, 11) is 0. The van der Waals surface area contributed by atoms with Gasteiger partial charge in [-0.1, -0.05) is 48.0 Å². The maximum Gasteiger partial charge on any atom is 0.254 e. The molecule has 0 N–H and O–H groups in total. The lowest BCUT2D eigenvalue weighted by Gasteiger charge is -2.37. The quantitative estimate of drug-likeness (QED) is 0.381. The summed E-state index contributed by atoms with van der Waals surface area (Å²) >= 11 is 3.57. The van der Waals surface area contributed by atoms with E-state index in [0.29, 0.717) is 13.1 Å². The molecular weight excluding hydrogens is 526 g/mol. The van der Waals surface area contributed by atoms with Crippen LogP contribution >= 0.6 is 15.9 Å². The monoisotopic (exact) mass is 563 g/mol. The van der Waals surface area contributed by atoms with Crippen molar-refractivity contribution in [3.63, 3.8) is 0 Å². The number of piperidine rings is 1. The number of piperazine rings is 1. The second-order valence-corrected chi connectivity index (χ2v) is 11.4. The summed E-state index contributed by atoms with van der Waals surface area (Å²) in [5, 5.41) is 0. The maximum absolute atomic E-state index is 13.6. The van der Waals surface area contributed by atoms with Crippen molar-refractivity contribution in [1.29, 1.82) is 0 Å². The van der Waals surface area contributed by atoms with Crippen LogP contribution in [-0.2, 0) is 4.79 Å². The molecule has 196 valence electrons. The van der Waals surface area contributed by atoms with Crippen molar-refractivity contribution < 1.29 is 9.53 Å². The third-order valence-corrected chi connectivity index (χ3v) is 8.41. The van der Waals surface area contributed by atoms with E-state index in [-0.39, 0.29) is 11.8 Å². The Balaban J connectivity index is 1.13. The molecule has 2 heterocycles. The third kappa shape index (κ3) is 6.12. The van der Waals surface area contributed by atoms with Crippen LogP contribution in [0.4, 0.5) is 5.69 Å². The number of carbonyl (C=O) groups excluding carboxylic acids is 1. The topological polar surface area (TPSA) is 36.0 Å². The Morgan fingerprint density at radius 3 is 2.43 bits per heavy atom. The molecule has 6 heteroatoms. The minimum Gasteiger partial charge on any atom is -0.494 e. The van der Waals surface area contributed by atoms with Gasteiger partial charge in [0.05, 0.1) is 6.61 Å². The number of halogens is 1. The van der Waals surface area contributed by atoms with Crippen LogP contribution in [0, 0.1) is 5.92 Å². The lowest BCUT2D eigenvalue weighted by Crippen LogP contribution is -2.49. The highest BCUT2D eigenvalue weighted by Gasteiger charge is 2.29. The van der Waals surface area contributed by atoms with E-state index in [9.17, 15) is 4.79 Å². The van der Waals surface area contributed by atoms with Gasteiger partial charge >= 0.3 is 0 Å². The van der Waals surface area contributed by atoms with Gasteiger partial charge in [0.15, 0.2) is 0 Å². The van der Waals surface area contributed by atoms with E-state index in [1.807, 2.05) is 17.0 Å². The van der Waals surface area contributed by atoms with Crippen LogP contribution in [0.2, 0.25) is 0 Å². The summed E-state index contributed by atoms with van der Waals surface area (Å²) < 4.78 is 6.97. The Kier molecular flexibility index (Phi) is 8.36. The van der Waals surface area contributed by atoms with Gasteiger partial charge in [-0.15, -0.1) is 0 Å². The largest absolute Gasteiger partial charge is 0.494 e. The standard InChI is InChI=1S/C31H38BrN3O2/c1-23-21-30(29-22-25(32)7-12-28(29)24(23)2)31(36)35-18-16-34(17-19-35)26-8-10-27(11-9-26)37-20-6-15-33-13-4-3-5-14-33/h7-12,21-23H,2-6,13-20H2,1H3. The number of allylic oxidation sites excluding steroid dienone is 2. The van der Waals surface area contributed by atoms with Crippen LogP contribution in [-0.4, -0.2) is 68.1 Å². The molecule has 0 radical (unpaired) electrons. The Morgan fingerprint density at radius 2 is 1.70 bits per heavy atom. The van der Waals surface area contributed by atoms with Gasteiger partial charge in [-0.2, -0.15) is 0 Å². The molecule has 0 bridgehead atoms.